The van der Waals surface area contributed by atoms with Crippen LogP contribution in [0.15, 0.2) is 24.3 Å². The van der Waals surface area contributed by atoms with E-state index in [1.807, 2.05) is 10.7 Å². The zero-order chi connectivity index (χ0) is 19.7. The molecule has 2 radical (unpaired) electrons. The number of hydrogen-bond donors (Lipinski definition) is 0. The number of unbranched alkanes of at least 4 members (excludes halogenated alkanes) is 3. The predicted molar refractivity (Wildman–Crippen MR) is 113 cm³/mol. The van der Waals surface area contributed by atoms with E-state index in [1.165, 1.54) is 73.6 Å². The summed E-state index contributed by atoms with van der Waals surface area (Å²) < 4.78 is 17.2. The molecule has 0 unspecified atom stereocenters. The van der Waals surface area contributed by atoms with Gasteiger partial charge in [0.1, 0.15) is 0 Å². The van der Waals surface area contributed by atoms with Crippen LogP contribution in [0.2, 0.25) is 3.43 Å². The Morgan fingerprint density at radius 3 is 2.11 bits per heavy atom. The Morgan fingerprint density at radius 2 is 1.59 bits per heavy atom. The summed E-state index contributed by atoms with van der Waals surface area (Å²) in [6.07, 6.45) is 11.7. The first-order chi connectivity index (χ1) is 13.0. The SMILES string of the molecule is CCCC[C](CCCC)(CCCC)[Sn][c]1nnn(-c2cccc(F)c2)c1C. The average molecular weight is 478 g/mol. The van der Waals surface area contributed by atoms with Gasteiger partial charge in [-0.05, 0) is 0 Å². The Morgan fingerprint density at radius 1 is 1.00 bits per heavy atom. The van der Waals surface area contributed by atoms with E-state index in [-0.39, 0.29) is 5.82 Å². The molecular weight excluding hydrogens is 444 g/mol. The molecule has 0 aliphatic rings. The molecule has 0 saturated heterocycles. The molecule has 0 aliphatic heterocycles. The van der Waals surface area contributed by atoms with Gasteiger partial charge in [0.25, 0.3) is 0 Å². The van der Waals surface area contributed by atoms with Gasteiger partial charge in [0.15, 0.2) is 0 Å². The Bertz CT molecular complexity index is 677. The Balaban J connectivity index is 2.29. The molecule has 0 saturated carbocycles. The molecule has 0 fully saturated rings. The van der Waals surface area contributed by atoms with Gasteiger partial charge in [-0.1, -0.05) is 0 Å². The van der Waals surface area contributed by atoms with Crippen LogP contribution in [0, 0.1) is 12.7 Å². The van der Waals surface area contributed by atoms with Crippen molar-refractivity contribution in [1.29, 1.82) is 0 Å². The third kappa shape index (κ3) is 6.30. The van der Waals surface area contributed by atoms with Gasteiger partial charge < -0.3 is 0 Å². The molecule has 0 aliphatic carbocycles. The van der Waals surface area contributed by atoms with E-state index >= 15 is 0 Å². The van der Waals surface area contributed by atoms with Crippen molar-refractivity contribution in [2.45, 2.75) is 88.9 Å². The van der Waals surface area contributed by atoms with Gasteiger partial charge in [0, 0.05) is 0 Å². The van der Waals surface area contributed by atoms with E-state index in [9.17, 15) is 4.39 Å². The molecule has 1 aromatic heterocycles. The van der Waals surface area contributed by atoms with Crippen molar-refractivity contribution in [1.82, 2.24) is 15.0 Å². The summed E-state index contributed by atoms with van der Waals surface area (Å²) in [6, 6.07) is 6.64. The number of halogens is 1. The van der Waals surface area contributed by atoms with E-state index < -0.39 is 21.1 Å². The van der Waals surface area contributed by atoms with E-state index in [0.29, 0.717) is 3.43 Å². The zero-order valence-corrected chi connectivity index (χ0v) is 20.2. The van der Waals surface area contributed by atoms with Crippen LogP contribution in [0.4, 0.5) is 4.39 Å². The van der Waals surface area contributed by atoms with Gasteiger partial charge in [0.05, 0.1) is 0 Å². The van der Waals surface area contributed by atoms with E-state index in [4.69, 9.17) is 0 Å². The number of nitrogens with zero attached hydrogens (tertiary/aromatic N) is 3. The molecule has 0 bridgehead atoms. The fourth-order valence-corrected chi connectivity index (χ4v) is 8.76. The van der Waals surface area contributed by atoms with Gasteiger partial charge in [0.2, 0.25) is 0 Å². The van der Waals surface area contributed by atoms with Crippen LogP contribution >= 0.6 is 0 Å². The van der Waals surface area contributed by atoms with Crippen molar-refractivity contribution in [2.75, 3.05) is 0 Å². The molecule has 1 heterocycles. The molecule has 0 amide bonds. The van der Waals surface area contributed by atoms with Crippen molar-refractivity contribution in [3.63, 3.8) is 0 Å². The van der Waals surface area contributed by atoms with Crippen LogP contribution in [-0.4, -0.2) is 36.1 Å². The van der Waals surface area contributed by atoms with Crippen LogP contribution < -0.4 is 3.71 Å². The fourth-order valence-electron chi connectivity index (χ4n) is 3.66. The van der Waals surface area contributed by atoms with Gasteiger partial charge in [-0.15, -0.1) is 0 Å². The van der Waals surface area contributed by atoms with Gasteiger partial charge in [-0.25, -0.2) is 0 Å². The molecule has 1 aromatic carbocycles. The van der Waals surface area contributed by atoms with Gasteiger partial charge in [-0.3, -0.25) is 0 Å². The molecule has 0 atom stereocenters. The Kier molecular flexibility index (Phi) is 9.26. The number of rotatable bonds is 12. The third-order valence-electron chi connectivity index (χ3n) is 5.36. The summed E-state index contributed by atoms with van der Waals surface area (Å²) in [5.74, 6) is -0.230. The van der Waals surface area contributed by atoms with Crippen molar-refractivity contribution in [3.05, 3.63) is 35.8 Å². The molecule has 5 heteroatoms. The molecule has 0 N–H and O–H groups in total. The standard InChI is InChI=1S/C13H27.C9H7FN3.Sn/c1-4-7-10-13(11-8-5-2)12-9-6-3;1-7-6-11-12-13(7)9-4-2-3-8(10)5-9;/h4-12H2,1-3H3;2-5H,1H3;. The topological polar surface area (TPSA) is 30.7 Å². The quantitative estimate of drug-likeness (QED) is 0.363. The Hall–Kier alpha value is -0.911. The normalized spacial score (nSPS) is 11.9. The monoisotopic (exact) mass is 479 g/mol. The maximum atomic E-state index is 13.6. The van der Waals surface area contributed by atoms with Crippen molar-refractivity contribution in [2.24, 2.45) is 0 Å². The number of aromatic nitrogens is 3. The first-order valence-corrected chi connectivity index (χ1v) is 13.4. The molecule has 3 nitrogen and oxygen atoms in total. The van der Waals surface area contributed by atoms with Crippen molar-refractivity contribution >= 4 is 24.9 Å². The summed E-state index contributed by atoms with van der Waals surface area (Å²) in [5.41, 5.74) is 1.88. The summed E-state index contributed by atoms with van der Waals surface area (Å²) in [7, 11) is 0. The van der Waals surface area contributed by atoms with Crippen LogP contribution in [0.1, 0.15) is 84.3 Å². The third-order valence-corrected chi connectivity index (χ3v) is 11.0. The fraction of sp³-hybridized carbons (Fsp3) is 0.636. The maximum absolute atomic E-state index is 13.6. The molecule has 2 rings (SSSR count). The molecule has 0 spiro atoms. The second-order valence-electron chi connectivity index (χ2n) is 7.63. The zero-order valence-electron chi connectivity index (χ0n) is 17.4. The second-order valence-corrected chi connectivity index (χ2v) is 12.7. The van der Waals surface area contributed by atoms with E-state index in [2.05, 4.69) is 38.0 Å². The molecule has 2 aromatic rings. The van der Waals surface area contributed by atoms with Crippen LogP contribution in [0.5, 0.6) is 0 Å². The summed E-state index contributed by atoms with van der Waals surface area (Å²) >= 11 is -0.925. The van der Waals surface area contributed by atoms with Crippen molar-refractivity contribution < 1.29 is 4.39 Å². The molecular formula is C22H34FN3Sn. The first-order valence-electron chi connectivity index (χ1n) is 10.5. The van der Waals surface area contributed by atoms with Gasteiger partial charge in [-0.2, -0.15) is 0 Å². The Labute approximate surface area is 174 Å². The number of benzene rings is 1. The summed E-state index contributed by atoms with van der Waals surface area (Å²) in [4.78, 5) is 0. The second kappa shape index (κ2) is 11.2. The molecule has 27 heavy (non-hydrogen) atoms. The summed E-state index contributed by atoms with van der Waals surface area (Å²) in [5, 5.41) is 8.99. The van der Waals surface area contributed by atoms with Gasteiger partial charge >= 0.3 is 175 Å². The predicted octanol–water partition coefficient (Wildman–Crippen LogP) is 5.77. The average Bonchev–Trinajstić information content (AvgIpc) is 3.03. The minimum atomic E-state index is -0.925. The van der Waals surface area contributed by atoms with Crippen LogP contribution in [0.25, 0.3) is 5.69 Å². The summed E-state index contributed by atoms with van der Waals surface area (Å²) in [6.45, 7) is 8.98. The first kappa shape index (κ1) is 22.4. The van der Waals surface area contributed by atoms with Crippen LogP contribution in [0.3, 0.4) is 0 Å². The van der Waals surface area contributed by atoms with Crippen molar-refractivity contribution in [3.8, 4) is 5.69 Å². The number of hydrogen-bond acceptors (Lipinski definition) is 2. The molecule has 148 valence electrons. The van der Waals surface area contributed by atoms with E-state index in [1.54, 1.807) is 6.07 Å². The van der Waals surface area contributed by atoms with Crippen LogP contribution in [-0.2, 0) is 0 Å². The van der Waals surface area contributed by atoms with E-state index in [0.717, 1.165) is 11.4 Å². The minimum absolute atomic E-state index is 0.230.